The topological polar surface area (TPSA) is 101 Å². The molecule has 1 aromatic carbocycles. The normalized spacial score (nSPS) is 13.3. The maximum absolute atomic E-state index is 12.4. The summed E-state index contributed by atoms with van der Waals surface area (Å²) in [6.45, 7) is 6.71. The minimum Gasteiger partial charge on any atom is -0.484 e. The quantitative estimate of drug-likeness (QED) is 0.653. The summed E-state index contributed by atoms with van der Waals surface area (Å²) < 4.78 is 23.5. The molecular formula is C20H22N4O5. The summed E-state index contributed by atoms with van der Waals surface area (Å²) in [6, 6.07) is 7.16. The fourth-order valence-corrected chi connectivity index (χ4v) is 3.06. The maximum atomic E-state index is 12.4. The summed E-state index contributed by atoms with van der Waals surface area (Å²) in [5.74, 6) is 1.90. The summed E-state index contributed by atoms with van der Waals surface area (Å²) in [5, 5.41) is 7.31. The van der Waals surface area contributed by atoms with Gasteiger partial charge in [0.15, 0.2) is 23.8 Å². The Hall–Kier alpha value is -3.49. The van der Waals surface area contributed by atoms with Gasteiger partial charge in [0, 0.05) is 17.8 Å². The number of nitrogens with one attached hydrogen (secondary N) is 1. The molecule has 1 aliphatic heterocycles. The maximum Gasteiger partial charge on any atom is 0.273 e. The van der Waals surface area contributed by atoms with Crippen LogP contribution in [0.3, 0.4) is 0 Å². The van der Waals surface area contributed by atoms with E-state index in [0.717, 1.165) is 11.4 Å². The van der Waals surface area contributed by atoms with E-state index in [9.17, 15) is 4.79 Å². The second kappa shape index (κ2) is 7.86. The van der Waals surface area contributed by atoms with Gasteiger partial charge in [-0.1, -0.05) is 0 Å². The van der Waals surface area contributed by atoms with Gasteiger partial charge in [-0.3, -0.25) is 9.48 Å². The molecule has 0 radical (unpaired) electrons. The third-order valence-corrected chi connectivity index (χ3v) is 4.42. The molecule has 9 nitrogen and oxygen atoms in total. The van der Waals surface area contributed by atoms with E-state index in [-0.39, 0.29) is 31.0 Å². The Morgan fingerprint density at radius 3 is 2.90 bits per heavy atom. The number of fused-ring (bicyclic) bond motifs is 1. The summed E-state index contributed by atoms with van der Waals surface area (Å²) in [7, 11) is 0. The van der Waals surface area contributed by atoms with Crippen molar-refractivity contribution in [2.75, 3.05) is 6.79 Å². The van der Waals surface area contributed by atoms with Gasteiger partial charge in [-0.05, 0) is 39.0 Å². The van der Waals surface area contributed by atoms with Crippen LogP contribution in [-0.4, -0.2) is 33.5 Å². The lowest BCUT2D eigenvalue weighted by Gasteiger charge is -2.14. The Balaban J connectivity index is 1.31. The van der Waals surface area contributed by atoms with Crippen LogP contribution >= 0.6 is 0 Å². The van der Waals surface area contributed by atoms with Gasteiger partial charge in [0.1, 0.15) is 12.0 Å². The average Bonchev–Trinajstić information content (AvgIpc) is 3.40. The summed E-state index contributed by atoms with van der Waals surface area (Å²) in [4.78, 5) is 16.6. The Kier molecular flexibility index (Phi) is 5.11. The molecule has 0 spiro atoms. The second-order valence-electron chi connectivity index (χ2n) is 6.91. The second-order valence-corrected chi connectivity index (χ2v) is 6.91. The van der Waals surface area contributed by atoms with Crippen molar-refractivity contribution in [2.24, 2.45) is 0 Å². The van der Waals surface area contributed by atoms with Gasteiger partial charge in [-0.2, -0.15) is 5.10 Å². The predicted molar refractivity (Wildman–Crippen MR) is 102 cm³/mol. The van der Waals surface area contributed by atoms with Crippen LogP contribution < -0.4 is 19.5 Å². The van der Waals surface area contributed by atoms with Crippen molar-refractivity contribution in [1.29, 1.82) is 0 Å². The van der Waals surface area contributed by atoms with Crippen LogP contribution in [0, 0.1) is 13.8 Å². The highest BCUT2D eigenvalue weighted by atomic mass is 16.7. The summed E-state index contributed by atoms with van der Waals surface area (Å²) in [6.07, 6.45) is 1.32. The van der Waals surface area contributed by atoms with Gasteiger partial charge in [-0.25, -0.2) is 4.98 Å². The van der Waals surface area contributed by atoms with Crippen molar-refractivity contribution in [3.05, 3.63) is 53.5 Å². The van der Waals surface area contributed by atoms with E-state index in [0.29, 0.717) is 29.7 Å². The minimum absolute atomic E-state index is 0.0915. The largest absolute Gasteiger partial charge is 0.484 e. The van der Waals surface area contributed by atoms with Crippen molar-refractivity contribution >= 4 is 5.91 Å². The molecule has 0 saturated carbocycles. The lowest BCUT2D eigenvalue weighted by Crippen LogP contribution is -2.36. The number of aromatic nitrogens is 3. The van der Waals surface area contributed by atoms with Gasteiger partial charge in [0.05, 0.1) is 12.2 Å². The van der Waals surface area contributed by atoms with Gasteiger partial charge in [0.25, 0.3) is 5.91 Å². The standard InChI is InChI=1S/C20H22N4O5/c1-12-6-14(3)24(23-12)8-13(2)21-20(25)16-9-27-19(22-16)10-26-15-4-5-17-18(7-15)29-11-28-17/h4-7,9,13H,8,10-11H2,1-3H3,(H,21,25)/t13-/m0/s1. The summed E-state index contributed by atoms with van der Waals surface area (Å²) >= 11 is 0. The van der Waals surface area contributed by atoms with E-state index in [2.05, 4.69) is 15.4 Å². The molecule has 2 aromatic heterocycles. The predicted octanol–water partition coefficient (Wildman–Crippen LogP) is 2.61. The highest BCUT2D eigenvalue weighted by Gasteiger charge is 2.17. The SMILES string of the molecule is Cc1cc(C)n(C[C@H](C)NC(=O)c2coc(COc3ccc4c(c3)OCO4)n2)n1. The van der Waals surface area contributed by atoms with Gasteiger partial charge < -0.3 is 23.9 Å². The molecule has 0 saturated heterocycles. The van der Waals surface area contributed by atoms with Crippen LogP contribution in [0.1, 0.15) is 34.7 Å². The van der Waals surface area contributed by atoms with Crippen LogP contribution in [-0.2, 0) is 13.2 Å². The number of ether oxygens (including phenoxy) is 3. The zero-order valence-corrected chi connectivity index (χ0v) is 16.5. The summed E-state index contributed by atoms with van der Waals surface area (Å²) in [5.41, 5.74) is 2.20. The molecule has 0 aliphatic carbocycles. The molecule has 0 bridgehead atoms. The molecule has 3 heterocycles. The van der Waals surface area contributed by atoms with E-state index in [1.54, 1.807) is 18.2 Å². The number of carbonyl (C=O) groups is 1. The molecule has 9 heteroatoms. The lowest BCUT2D eigenvalue weighted by atomic mass is 10.3. The first-order chi connectivity index (χ1) is 14.0. The molecule has 4 rings (SSSR count). The minimum atomic E-state index is -0.308. The van der Waals surface area contributed by atoms with E-state index in [1.807, 2.05) is 31.5 Å². The number of hydrogen-bond donors (Lipinski definition) is 1. The number of benzene rings is 1. The average molecular weight is 398 g/mol. The van der Waals surface area contributed by atoms with Crippen LogP contribution in [0.2, 0.25) is 0 Å². The Morgan fingerprint density at radius 2 is 2.10 bits per heavy atom. The fraction of sp³-hybridized carbons (Fsp3) is 0.350. The Morgan fingerprint density at radius 1 is 1.28 bits per heavy atom. The Bertz CT molecular complexity index is 1030. The molecule has 152 valence electrons. The number of amides is 1. The van der Waals surface area contributed by atoms with Gasteiger partial charge in [0.2, 0.25) is 12.7 Å². The monoisotopic (exact) mass is 398 g/mol. The molecule has 1 amide bonds. The van der Waals surface area contributed by atoms with Crippen LogP contribution in [0.5, 0.6) is 17.2 Å². The molecule has 1 atom stereocenters. The number of oxazole rings is 1. The number of nitrogens with zero attached hydrogens (tertiary/aromatic N) is 3. The van der Waals surface area contributed by atoms with Crippen molar-refractivity contribution in [3.63, 3.8) is 0 Å². The van der Waals surface area contributed by atoms with Crippen LogP contribution in [0.15, 0.2) is 34.9 Å². The highest BCUT2D eigenvalue weighted by molar-refractivity contribution is 5.92. The first kappa shape index (κ1) is 18.9. The van der Waals surface area contributed by atoms with Crippen molar-refractivity contribution in [1.82, 2.24) is 20.1 Å². The third-order valence-electron chi connectivity index (χ3n) is 4.42. The van der Waals surface area contributed by atoms with E-state index >= 15 is 0 Å². The van der Waals surface area contributed by atoms with Gasteiger partial charge >= 0.3 is 0 Å². The zero-order chi connectivity index (χ0) is 20.4. The molecule has 0 fully saturated rings. The van der Waals surface area contributed by atoms with E-state index in [4.69, 9.17) is 18.6 Å². The lowest BCUT2D eigenvalue weighted by molar-refractivity contribution is 0.0930. The zero-order valence-electron chi connectivity index (χ0n) is 16.5. The first-order valence-corrected chi connectivity index (χ1v) is 9.26. The van der Waals surface area contributed by atoms with Crippen LogP contribution in [0.25, 0.3) is 0 Å². The van der Waals surface area contributed by atoms with E-state index < -0.39 is 0 Å². The number of aryl methyl sites for hydroxylation is 2. The molecule has 3 aromatic rings. The van der Waals surface area contributed by atoms with Crippen molar-refractivity contribution in [3.8, 4) is 17.2 Å². The number of rotatable bonds is 7. The fourth-order valence-electron chi connectivity index (χ4n) is 3.06. The molecule has 1 aliphatic rings. The molecule has 0 unspecified atom stereocenters. The molecule has 1 N–H and O–H groups in total. The van der Waals surface area contributed by atoms with E-state index in [1.165, 1.54) is 6.26 Å². The number of hydrogen-bond acceptors (Lipinski definition) is 7. The first-order valence-electron chi connectivity index (χ1n) is 9.26. The van der Waals surface area contributed by atoms with Crippen LogP contribution in [0.4, 0.5) is 0 Å². The van der Waals surface area contributed by atoms with Gasteiger partial charge in [-0.15, -0.1) is 0 Å². The smallest absolute Gasteiger partial charge is 0.273 e. The van der Waals surface area contributed by atoms with Crippen molar-refractivity contribution < 1.29 is 23.4 Å². The highest BCUT2D eigenvalue weighted by Crippen LogP contribution is 2.35. The third kappa shape index (κ3) is 4.34. The Labute approximate surface area is 167 Å². The molecule has 29 heavy (non-hydrogen) atoms. The van der Waals surface area contributed by atoms with Crippen molar-refractivity contribution in [2.45, 2.75) is 40.0 Å². The number of carbonyl (C=O) groups excluding carboxylic acids is 1. The molecular weight excluding hydrogens is 376 g/mol.